The largest absolute Gasteiger partial charge is 0.519 e. The molecule has 3 amide bonds. The van der Waals surface area contributed by atoms with E-state index < -0.39 is 42.2 Å². The normalized spacial score (nSPS) is 21.9. The summed E-state index contributed by atoms with van der Waals surface area (Å²) in [5.74, 6) is -2.03. The van der Waals surface area contributed by atoms with Gasteiger partial charge in [-0.15, -0.1) is 0 Å². The number of fused-ring (bicyclic) bond motifs is 1. The molecule has 3 N–H and O–H groups in total. The van der Waals surface area contributed by atoms with Crippen LogP contribution >= 0.6 is 0 Å². The van der Waals surface area contributed by atoms with Gasteiger partial charge in [-0.2, -0.15) is 0 Å². The van der Waals surface area contributed by atoms with Crippen molar-refractivity contribution in [3.05, 3.63) is 52.1 Å². The van der Waals surface area contributed by atoms with Crippen LogP contribution in [0.5, 0.6) is 0 Å². The maximum Gasteiger partial charge on any atom is 0.519 e. The van der Waals surface area contributed by atoms with Crippen LogP contribution in [-0.2, 0) is 25.7 Å². The van der Waals surface area contributed by atoms with Crippen LogP contribution < -0.4 is 16.5 Å². The Bertz CT molecular complexity index is 1710. The molecule has 0 radical (unpaired) electrons. The van der Waals surface area contributed by atoms with E-state index in [2.05, 4.69) is 15.6 Å². The monoisotopic (exact) mass is 670 g/mol. The van der Waals surface area contributed by atoms with Gasteiger partial charge >= 0.3 is 17.9 Å². The molecule has 0 spiro atoms. The van der Waals surface area contributed by atoms with E-state index in [0.717, 1.165) is 0 Å². The third-order valence-corrected chi connectivity index (χ3v) is 9.09. The van der Waals surface area contributed by atoms with E-state index in [1.807, 2.05) is 6.92 Å². The number of anilines is 1. The van der Waals surface area contributed by atoms with Crippen molar-refractivity contribution in [1.82, 2.24) is 15.2 Å². The first-order valence-electron chi connectivity index (χ1n) is 16.3. The molecular formula is C34H43FN4O9. The standard InChI is InChI=1S/C34H43FN4O9/c1-18-12-13-39(30(41)21-8-6-20(7-9-21)26(16-35)38-32(43)48-34(3,4)5)28(18)29(40)36-23-10-11-24-22(14-23)15-25(37-24)31(42)45-17-27-19(2)46-33(44)47-27/h10-11,14-15,18,20-21,26,28,37H,6-9,12-13,16-17H2,1-5H3,(H,36,40)(H,38,43)/t18-,20?,21?,26+,28-/m0/s1. The molecule has 1 aromatic carbocycles. The first-order valence-corrected chi connectivity index (χ1v) is 16.3. The van der Waals surface area contributed by atoms with Crippen molar-refractivity contribution in [2.45, 2.75) is 91.0 Å². The third kappa shape index (κ3) is 8.08. The lowest BCUT2D eigenvalue weighted by atomic mass is 9.78. The Morgan fingerprint density at radius 2 is 1.81 bits per heavy atom. The number of likely N-dealkylation sites (tertiary alicyclic amines) is 1. The number of aromatic amines is 1. The van der Waals surface area contributed by atoms with Gasteiger partial charge in [0.05, 0.1) is 6.04 Å². The zero-order valence-electron chi connectivity index (χ0n) is 27.9. The lowest BCUT2D eigenvalue weighted by Crippen LogP contribution is -2.49. The highest BCUT2D eigenvalue weighted by atomic mass is 19.1. The van der Waals surface area contributed by atoms with Gasteiger partial charge in [-0.05, 0) is 95.9 Å². The van der Waals surface area contributed by atoms with Crippen LogP contribution in [0.15, 0.2) is 37.9 Å². The number of H-pyrrole nitrogens is 1. The molecule has 260 valence electrons. The Kier molecular flexibility index (Phi) is 10.3. The molecule has 3 aromatic rings. The van der Waals surface area contributed by atoms with Gasteiger partial charge in [0.2, 0.25) is 11.8 Å². The summed E-state index contributed by atoms with van der Waals surface area (Å²) in [6.45, 7) is 8.19. The van der Waals surface area contributed by atoms with Crippen LogP contribution in [0.4, 0.5) is 14.9 Å². The third-order valence-electron chi connectivity index (χ3n) is 9.09. The van der Waals surface area contributed by atoms with Gasteiger partial charge in [0.25, 0.3) is 0 Å². The Morgan fingerprint density at radius 1 is 1.08 bits per heavy atom. The smallest absolute Gasteiger partial charge is 0.453 e. The number of hydrogen-bond donors (Lipinski definition) is 3. The Hall–Kier alpha value is -4.62. The fourth-order valence-electron chi connectivity index (χ4n) is 6.59. The number of aryl methyl sites for hydroxylation is 1. The molecule has 2 aliphatic rings. The van der Waals surface area contributed by atoms with Crippen molar-refractivity contribution in [3.63, 3.8) is 0 Å². The second-order valence-electron chi connectivity index (χ2n) is 13.7. The summed E-state index contributed by atoms with van der Waals surface area (Å²) < 4.78 is 34.1. The van der Waals surface area contributed by atoms with E-state index in [9.17, 15) is 28.4 Å². The number of aromatic nitrogens is 1. The highest BCUT2D eigenvalue weighted by Gasteiger charge is 2.43. The Balaban J connectivity index is 1.17. The number of benzene rings is 1. The number of amides is 3. The first-order chi connectivity index (χ1) is 22.7. The summed E-state index contributed by atoms with van der Waals surface area (Å²) >= 11 is 0. The minimum absolute atomic E-state index is 0.0557. The van der Waals surface area contributed by atoms with E-state index in [4.69, 9.17) is 18.3 Å². The molecule has 1 saturated heterocycles. The number of esters is 1. The van der Waals surface area contributed by atoms with Crippen LogP contribution in [0, 0.1) is 24.7 Å². The minimum atomic E-state index is -0.875. The van der Waals surface area contributed by atoms with Crippen molar-refractivity contribution in [2.24, 2.45) is 17.8 Å². The zero-order chi connectivity index (χ0) is 34.7. The second-order valence-corrected chi connectivity index (χ2v) is 13.7. The summed E-state index contributed by atoms with van der Waals surface area (Å²) in [7, 11) is 0. The van der Waals surface area contributed by atoms with Crippen LogP contribution in [0.3, 0.4) is 0 Å². The average Bonchev–Trinajstić information content (AvgIpc) is 3.72. The van der Waals surface area contributed by atoms with Gasteiger partial charge in [-0.3, -0.25) is 9.59 Å². The fourth-order valence-corrected chi connectivity index (χ4v) is 6.59. The summed E-state index contributed by atoms with van der Waals surface area (Å²) in [5.41, 5.74) is 0.627. The number of halogens is 1. The van der Waals surface area contributed by atoms with Gasteiger partial charge in [0.15, 0.2) is 18.1 Å². The molecule has 2 fully saturated rings. The summed E-state index contributed by atoms with van der Waals surface area (Å²) in [6, 6.07) is 5.40. The van der Waals surface area contributed by atoms with E-state index in [1.54, 1.807) is 49.9 Å². The van der Waals surface area contributed by atoms with Crippen molar-refractivity contribution < 1.29 is 41.9 Å². The van der Waals surface area contributed by atoms with Gasteiger partial charge in [-0.1, -0.05) is 6.92 Å². The van der Waals surface area contributed by atoms with E-state index in [1.165, 1.54) is 6.92 Å². The van der Waals surface area contributed by atoms with Crippen molar-refractivity contribution in [3.8, 4) is 0 Å². The van der Waals surface area contributed by atoms with Crippen molar-refractivity contribution in [1.29, 1.82) is 0 Å². The fraction of sp³-hybridized carbons (Fsp3) is 0.559. The minimum Gasteiger partial charge on any atom is -0.453 e. The molecule has 13 nitrogen and oxygen atoms in total. The Morgan fingerprint density at radius 3 is 2.46 bits per heavy atom. The molecule has 0 bridgehead atoms. The summed E-state index contributed by atoms with van der Waals surface area (Å²) in [6.07, 6.45) is 2.27. The lowest BCUT2D eigenvalue weighted by molar-refractivity contribution is -0.142. The summed E-state index contributed by atoms with van der Waals surface area (Å²) in [5, 5.41) is 6.25. The average molecular weight is 671 g/mol. The Labute approximate surface area is 276 Å². The quantitative estimate of drug-likeness (QED) is 0.258. The number of alkyl carbamates (subject to hydrolysis) is 1. The number of hydrogen-bond acceptors (Lipinski definition) is 9. The van der Waals surface area contributed by atoms with Crippen molar-refractivity contribution >= 4 is 40.5 Å². The molecule has 3 atom stereocenters. The molecule has 48 heavy (non-hydrogen) atoms. The van der Waals surface area contributed by atoms with E-state index in [-0.39, 0.29) is 53.4 Å². The van der Waals surface area contributed by atoms with Crippen LogP contribution in [-0.4, -0.2) is 64.7 Å². The van der Waals surface area contributed by atoms with Gasteiger partial charge in [0, 0.05) is 29.1 Å². The van der Waals surface area contributed by atoms with Crippen LogP contribution in [0.25, 0.3) is 10.9 Å². The SMILES string of the molecule is Cc1oc(=O)oc1COC(=O)c1cc2cc(NC(=O)[C@@H]3[C@@H](C)CCN3C(=O)C3CCC([C@@H](CF)NC(=O)OC(C)(C)C)CC3)ccc2[nH]1. The predicted molar refractivity (Wildman–Crippen MR) is 172 cm³/mol. The maximum atomic E-state index is 13.9. The van der Waals surface area contributed by atoms with Crippen LogP contribution in [0.1, 0.15) is 81.8 Å². The number of alkyl halides is 1. The number of nitrogens with zero attached hydrogens (tertiary/aromatic N) is 1. The number of carbonyl (C=O) groups excluding carboxylic acids is 4. The van der Waals surface area contributed by atoms with Gasteiger partial charge in [0.1, 0.15) is 24.0 Å². The highest BCUT2D eigenvalue weighted by Crippen LogP contribution is 2.35. The number of ether oxygens (including phenoxy) is 2. The molecule has 5 rings (SSSR count). The van der Waals surface area contributed by atoms with Gasteiger partial charge in [-0.25, -0.2) is 18.8 Å². The number of rotatable bonds is 9. The second kappa shape index (κ2) is 14.2. The van der Waals surface area contributed by atoms with E-state index >= 15 is 0 Å². The first kappa shape index (κ1) is 34.7. The lowest BCUT2D eigenvalue weighted by Gasteiger charge is -2.35. The van der Waals surface area contributed by atoms with Crippen molar-refractivity contribution in [2.75, 3.05) is 18.5 Å². The topological polar surface area (TPSA) is 173 Å². The molecular weight excluding hydrogens is 627 g/mol. The van der Waals surface area contributed by atoms with E-state index in [0.29, 0.717) is 55.2 Å². The summed E-state index contributed by atoms with van der Waals surface area (Å²) in [4.78, 5) is 68.0. The van der Waals surface area contributed by atoms with Gasteiger partial charge < -0.3 is 38.8 Å². The molecule has 0 unspecified atom stereocenters. The number of carbonyl (C=O) groups is 4. The molecule has 1 aliphatic carbocycles. The molecule has 2 aromatic heterocycles. The molecule has 3 heterocycles. The maximum absolute atomic E-state index is 13.9. The zero-order valence-corrected chi connectivity index (χ0v) is 27.9. The number of nitrogens with one attached hydrogen (secondary N) is 3. The molecule has 1 aliphatic heterocycles. The van der Waals surface area contributed by atoms with Crippen LogP contribution in [0.2, 0.25) is 0 Å². The molecule has 14 heteroatoms. The molecule has 1 saturated carbocycles. The predicted octanol–water partition coefficient (Wildman–Crippen LogP) is 5.22. The highest BCUT2D eigenvalue weighted by molar-refractivity contribution is 6.01.